The van der Waals surface area contributed by atoms with E-state index in [9.17, 15) is 9.18 Å². The first-order valence-corrected chi connectivity index (χ1v) is 6.60. The second-order valence-corrected chi connectivity index (χ2v) is 5.42. The summed E-state index contributed by atoms with van der Waals surface area (Å²) in [5.74, 6) is 1.14. The Bertz CT molecular complexity index is 465. The van der Waals surface area contributed by atoms with Gasteiger partial charge in [-0.05, 0) is 30.0 Å². The molecule has 3 nitrogen and oxygen atoms in total. The van der Waals surface area contributed by atoms with Crippen LogP contribution in [0.3, 0.4) is 0 Å². The van der Waals surface area contributed by atoms with Crippen LogP contribution in [0.1, 0.15) is 24.2 Å². The van der Waals surface area contributed by atoms with Crippen molar-refractivity contribution < 1.29 is 13.9 Å². The van der Waals surface area contributed by atoms with Crippen LogP contribution < -0.4 is 4.74 Å². The normalized spacial score (nSPS) is 23.6. The van der Waals surface area contributed by atoms with E-state index in [2.05, 4.69) is 18.7 Å². The fourth-order valence-electron chi connectivity index (χ4n) is 2.56. The maximum Gasteiger partial charge on any atom is 0.180 e. The summed E-state index contributed by atoms with van der Waals surface area (Å²) < 4.78 is 18.4. The van der Waals surface area contributed by atoms with E-state index >= 15 is 0 Å². The molecule has 0 amide bonds. The number of hydrogen-bond donors (Lipinski definition) is 0. The van der Waals surface area contributed by atoms with Crippen LogP contribution in [0.25, 0.3) is 0 Å². The Labute approximate surface area is 113 Å². The van der Waals surface area contributed by atoms with Gasteiger partial charge in [-0.2, -0.15) is 0 Å². The standard InChI is InChI=1S/C15H20FNO2/c1-10-7-17(8-11(10)2)9-14(18)13-6-12(16)4-5-15(13)19-3/h4-6,10-11H,7-9H2,1-3H3. The number of nitrogens with zero attached hydrogens (tertiary/aromatic N) is 1. The van der Waals surface area contributed by atoms with Gasteiger partial charge >= 0.3 is 0 Å². The van der Waals surface area contributed by atoms with Crippen molar-refractivity contribution in [3.63, 3.8) is 0 Å². The summed E-state index contributed by atoms with van der Waals surface area (Å²) in [7, 11) is 1.49. The lowest BCUT2D eigenvalue weighted by Gasteiger charge is -2.15. The number of methoxy groups -OCH3 is 1. The van der Waals surface area contributed by atoms with Crippen LogP contribution in [-0.2, 0) is 0 Å². The topological polar surface area (TPSA) is 29.5 Å². The number of benzene rings is 1. The monoisotopic (exact) mass is 265 g/mol. The van der Waals surface area contributed by atoms with Crippen molar-refractivity contribution >= 4 is 5.78 Å². The lowest BCUT2D eigenvalue weighted by molar-refractivity contribution is 0.0939. The van der Waals surface area contributed by atoms with Crippen LogP contribution in [0, 0.1) is 17.7 Å². The highest BCUT2D eigenvalue weighted by molar-refractivity contribution is 6.00. The zero-order valence-electron chi connectivity index (χ0n) is 11.6. The van der Waals surface area contributed by atoms with Crippen LogP contribution in [0.15, 0.2) is 18.2 Å². The minimum absolute atomic E-state index is 0.0855. The number of rotatable bonds is 4. The highest BCUT2D eigenvalue weighted by atomic mass is 19.1. The third-order valence-electron chi connectivity index (χ3n) is 3.89. The van der Waals surface area contributed by atoms with Gasteiger partial charge in [-0.1, -0.05) is 13.8 Å². The number of carbonyl (C=O) groups excluding carboxylic acids is 1. The molecule has 104 valence electrons. The molecule has 0 aliphatic carbocycles. The molecule has 1 aliphatic heterocycles. The number of Topliss-reactive ketones (excluding diaryl/α,β-unsaturated/α-hetero) is 1. The largest absolute Gasteiger partial charge is 0.496 e. The lowest BCUT2D eigenvalue weighted by Crippen LogP contribution is -2.28. The van der Waals surface area contributed by atoms with Crippen molar-refractivity contribution in [2.45, 2.75) is 13.8 Å². The van der Waals surface area contributed by atoms with Gasteiger partial charge in [0.05, 0.1) is 19.2 Å². The number of hydrogen-bond acceptors (Lipinski definition) is 3. The van der Waals surface area contributed by atoms with E-state index < -0.39 is 5.82 Å². The van der Waals surface area contributed by atoms with Crippen molar-refractivity contribution in [1.82, 2.24) is 4.90 Å². The zero-order valence-corrected chi connectivity index (χ0v) is 11.6. The summed E-state index contributed by atoms with van der Waals surface area (Å²) in [6, 6.07) is 4.05. The molecule has 1 aliphatic rings. The van der Waals surface area contributed by atoms with E-state index in [0.717, 1.165) is 13.1 Å². The van der Waals surface area contributed by atoms with Crippen molar-refractivity contribution in [3.8, 4) is 5.75 Å². The number of ether oxygens (including phenoxy) is 1. The van der Waals surface area contributed by atoms with Gasteiger partial charge < -0.3 is 4.74 Å². The maximum atomic E-state index is 13.3. The molecule has 0 N–H and O–H groups in total. The molecule has 2 rings (SSSR count). The minimum Gasteiger partial charge on any atom is -0.496 e. The van der Waals surface area contributed by atoms with Crippen LogP contribution in [-0.4, -0.2) is 37.4 Å². The first kappa shape index (κ1) is 14.0. The second kappa shape index (κ2) is 5.70. The molecular formula is C15H20FNO2. The van der Waals surface area contributed by atoms with E-state index in [1.807, 2.05) is 0 Å². The molecule has 1 heterocycles. The van der Waals surface area contributed by atoms with Crippen molar-refractivity contribution in [2.24, 2.45) is 11.8 Å². The van der Waals surface area contributed by atoms with E-state index in [4.69, 9.17) is 4.74 Å². The fraction of sp³-hybridized carbons (Fsp3) is 0.533. The summed E-state index contributed by atoms with van der Waals surface area (Å²) in [6.07, 6.45) is 0. The molecule has 1 saturated heterocycles. The molecule has 4 heteroatoms. The highest BCUT2D eigenvalue weighted by Gasteiger charge is 2.28. The molecule has 19 heavy (non-hydrogen) atoms. The Morgan fingerprint density at radius 1 is 1.37 bits per heavy atom. The first-order valence-electron chi connectivity index (χ1n) is 6.60. The Balaban J connectivity index is 2.10. The smallest absolute Gasteiger partial charge is 0.180 e. The average molecular weight is 265 g/mol. The molecule has 2 atom stereocenters. The van der Waals surface area contributed by atoms with Gasteiger partial charge in [0.25, 0.3) is 0 Å². The van der Waals surface area contributed by atoms with Crippen LogP contribution in [0.2, 0.25) is 0 Å². The zero-order chi connectivity index (χ0) is 14.0. The number of ketones is 1. The second-order valence-electron chi connectivity index (χ2n) is 5.42. The van der Waals surface area contributed by atoms with Gasteiger partial charge in [0.2, 0.25) is 0 Å². The van der Waals surface area contributed by atoms with E-state index in [0.29, 0.717) is 29.7 Å². The Hall–Kier alpha value is -1.42. The molecular weight excluding hydrogens is 245 g/mol. The predicted molar refractivity (Wildman–Crippen MR) is 72.1 cm³/mol. The van der Waals surface area contributed by atoms with Crippen molar-refractivity contribution in [3.05, 3.63) is 29.6 Å². The summed E-state index contributed by atoms with van der Waals surface area (Å²) in [4.78, 5) is 14.4. The minimum atomic E-state index is -0.410. The summed E-state index contributed by atoms with van der Waals surface area (Å²) >= 11 is 0. The van der Waals surface area contributed by atoms with Gasteiger partial charge in [-0.3, -0.25) is 9.69 Å². The molecule has 0 saturated carbocycles. The molecule has 1 aromatic carbocycles. The molecule has 1 fully saturated rings. The Kier molecular flexibility index (Phi) is 4.20. The highest BCUT2D eigenvalue weighted by Crippen LogP contribution is 2.24. The molecule has 1 aromatic rings. The maximum absolute atomic E-state index is 13.3. The Morgan fingerprint density at radius 2 is 2.00 bits per heavy atom. The number of likely N-dealkylation sites (tertiary alicyclic amines) is 1. The third-order valence-corrected chi connectivity index (χ3v) is 3.89. The van der Waals surface area contributed by atoms with E-state index in [1.54, 1.807) is 0 Å². The molecule has 0 aromatic heterocycles. The van der Waals surface area contributed by atoms with Crippen molar-refractivity contribution in [1.29, 1.82) is 0 Å². The average Bonchev–Trinajstić information content (AvgIpc) is 2.68. The van der Waals surface area contributed by atoms with Crippen molar-refractivity contribution in [2.75, 3.05) is 26.7 Å². The van der Waals surface area contributed by atoms with Crippen LogP contribution in [0.4, 0.5) is 4.39 Å². The SMILES string of the molecule is COc1ccc(F)cc1C(=O)CN1CC(C)C(C)C1. The number of halogens is 1. The quantitative estimate of drug-likeness (QED) is 0.784. The summed E-state index contributed by atoms with van der Waals surface area (Å²) in [5, 5.41) is 0. The molecule has 0 bridgehead atoms. The number of carbonyl (C=O) groups is 1. The third kappa shape index (κ3) is 3.13. The van der Waals surface area contributed by atoms with Gasteiger partial charge in [-0.25, -0.2) is 4.39 Å². The van der Waals surface area contributed by atoms with Gasteiger partial charge in [0.1, 0.15) is 11.6 Å². The first-order chi connectivity index (χ1) is 9.01. The molecule has 0 radical (unpaired) electrons. The fourth-order valence-corrected chi connectivity index (χ4v) is 2.56. The molecule has 2 unspecified atom stereocenters. The van der Waals surface area contributed by atoms with E-state index in [-0.39, 0.29) is 5.78 Å². The van der Waals surface area contributed by atoms with Crippen LogP contribution >= 0.6 is 0 Å². The van der Waals surface area contributed by atoms with Crippen LogP contribution in [0.5, 0.6) is 5.75 Å². The summed E-state index contributed by atoms with van der Waals surface area (Å²) in [5.41, 5.74) is 0.328. The molecule has 0 spiro atoms. The van der Waals surface area contributed by atoms with Gasteiger partial charge in [0.15, 0.2) is 5.78 Å². The van der Waals surface area contributed by atoms with E-state index in [1.165, 1.54) is 25.3 Å². The van der Waals surface area contributed by atoms with Gasteiger partial charge in [-0.15, -0.1) is 0 Å². The Morgan fingerprint density at radius 3 is 2.58 bits per heavy atom. The van der Waals surface area contributed by atoms with Gasteiger partial charge in [0, 0.05) is 13.1 Å². The predicted octanol–water partition coefficient (Wildman–Crippen LogP) is 2.60. The lowest BCUT2D eigenvalue weighted by atomic mass is 10.0. The summed E-state index contributed by atoms with van der Waals surface area (Å²) in [6.45, 7) is 6.55.